The summed E-state index contributed by atoms with van der Waals surface area (Å²) in [6.45, 7) is 8.84. The van der Waals surface area contributed by atoms with E-state index in [4.69, 9.17) is 15.2 Å². The maximum atomic E-state index is 5.78. The molecule has 1 saturated heterocycles. The van der Waals surface area contributed by atoms with Crippen LogP contribution in [0.15, 0.2) is 18.2 Å². The molecule has 2 N–H and O–H groups in total. The molecule has 2 rings (SSSR count). The molecule has 0 aromatic heterocycles. The van der Waals surface area contributed by atoms with Gasteiger partial charge in [-0.05, 0) is 30.0 Å². The minimum Gasteiger partial charge on any atom is -0.496 e. The molecule has 3 nitrogen and oxygen atoms in total. The topological polar surface area (TPSA) is 44.5 Å². The van der Waals surface area contributed by atoms with Crippen molar-refractivity contribution < 1.29 is 9.47 Å². The molecular formula is C16H25NO2. The summed E-state index contributed by atoms with van der Waals surface area (Å²) in [4.78, 5) is 0. The Morgan fingerprint density at radius 3 is 2.42 bits per heavy atom. The Hall–Kier alpha value is -1.06. The summed E-state index contributed by atoms with van der Waals surface area (Å²) in [5.41, 5.74) is 8.53. The van der Waals surface area contributed by atoms with Crippen LogP contribution >= 0.6 is 0 Å². The quantitative estimate of drug-likeness (QED) is 0.908. The van der Waals surface area contributed by atoms with E-state index in [0.29, 0.717) is 6.54 Å². The van der Waals surface area contributed by atoms with E-state index in [-0.39, 0.29) is 10.8 Å². The van der Waals surface area contributed by atoms with E-state index in [2.05, 4.69) is 39.0 Å². The maximum Gasteiger partial charge on any atom is 0.122 e. The third-order valence-electron chi connectivity index (χ3n) is 4.02. The summed E-state index contributed by atoms with van der Waals surface area (Å²) in [7, 11) is 1.73. The normalized spacial score (nSPS) is 17.9. The Morgan fingerprint density at radius 2 is 2.00 bits per heavy atom. The van der Waals surface area contributed by atoms with Crippen LogP contribution in [0.25, 0.3) is 0 Å². The molecule has 1 aromatic rings. The van der Waals surface area contributed by atoms with Crippen molar-refractivity contribution in [3.63, 3.8) is 0 Å². The first-order valence-corrected chi connectivity index (χ1v) is 6.90. The van der Waals surface area contributed by atoms with Gasteiger partial charge in [-0.3, -0.25) is 0 Å². The van der Waals surface area contributed by atoms with Crippen LogP contribution in [0, 0.1) is 0 Å². The monoisotopic (exact) mass is 263 g/mol. The second kappa shape index (κ2) is 5.14. The van der Waals surface area contributed by atoms with E-state index in [1.54, 1.807) is 7.11 Å². The Kier molecular flexibility index (Phi) is 3.88. The SMILES string of the molecule is COc1ccc(C(C)(C)C)cc1C1(CCN)COC1. The van der Waals surface area contributed by atoms with Crippen LogP contribution in [0.4, 0.5) is 0 Å². The van der Waals surface area contributed by atoms with Crippen molar-refractivity contribution in [2.24, 2.45) is 5.73 Å². The van der Waals surface area contributed by atoms with E-state index in [1.165, 1.54) is 11.1 Å². The highest BCUT2D eigenvalue weighted by atomic mass is 16.5. The Labute approximate surface area is 116 Å². The van der Waals surface area contributed by atoms with Crippen LogP contribution in [0.2, 0.25) is 0 Å². The van der Waals surface area contributed by atoms with Crippen LogP contribution < -0.4 is 10.5 Å². The molecule has 0 atom stereocenters. The number of benzene rings is 1. The molecule has 0 aliphatic carbocycles. The number of rotatable bonds is 4. The zero-order valence-corrected chi connectivity index (χ0v) is 12.5. The first kappa shape index (κ1) is 14.4. The number of methoxy groups -OCH3 is 1. The van der Waals surface area contributed by atoms with Crippen molar-refractivity contribution >= 4 is 0 Å². The predicted octanol–water partition coefficient (Wildman–Crippen LogP) is 2.61. The summed E-state index contributed by atoms with van der Waals surface area (Å²) in [5, 5.41) is 0. The molecule has 0 spiro atoms. The lowest BCUT2D eigenvalue weighted by molar-refractivity contribution is -0.0640. The van der Waals surface area contributed by atoms with Crippen molar-refractivity contribution in [1.29, 1.82) is 0 Å². The first-order chi connectivity index (χ1) is 8.93. The molecule has 0 bridgehead atoms. The molecule has 106 valence electrons. The Morgan fingerprint density at radius 1 is 1.32 bits per heavy atom. The summed E-state index contributed by atoms with van der Waals surface area (Å²) < 4.78 is 11.0. The first-order valence-electron chi connectivity index (χ1n) is 6.90. The third kappa shape index (κ3) is 2.63. The van der Waals surface area contributed by atoms with Gasteiger partial charge in [-0.15, -0.1) is 0 Å². The minimum atomic E-state index is 0.0430. The Bertz CT molecular complexity index is 445. The highest BCUT2D eigenvalue weighted by Gasteiger charge is 2.42. The van der Waals surface area contributed by atoms with Crippen molar-refractivity contribution in [2.45, 2.75) is 38.0 Å². The lowest BCUT2D eigenvalue weighted by atomic mass is 9.73. The van der Waals surface area contributed by atoms with Gasteiger partial charge in [0.05, 0.1) is 20.3 Å². The molecule has 0 saturated carbocycles. The second-order valence-corrected chi connectivity index (χ2v) is 6.48. The standard InChI is InChI=1S/C16H25NO2/c1-15(2,3)12-5-6-14(18-4)13(9-12)16(7-8-17)10-19-11-16/h5-6,9H,7-8,10-11,17H2,1-4H3. The summed E-state index contributed by atoms with van der Waals surface area (Å²) in [6.07, 6.45) is 0.941. The molecule has 1 aromatic carbocycles. The number of hydrogen-bond donors (Lipinski definition) is 1. The average molecular weight is 263 g/mol. The number of hydrogen-bond acceptors (Lipinski definition) is 3. The van der Waals surface area contributed by atoms with Gasteiger partial charge < -0.3 is 15.2 Å². The fourth-order valence-electron chi connectivity index (χ4n) is 2.65. The lowest BCUT2D eigenvalue weighted by Crippen LogP contribution is -2.48. The summed E-state index contributed by atoms with van der Waals surface area (Å²) in [6, 6.07) is 6.50. The summed E-state index contributed by atoms with van der Waals surface area (Å²) >= 11 is 0. The molecule has 0 radical (unpaired) electrons. The zero-order chi connectivity index (χ0) is 14.1. The fourth-order valence-corrected chi connectivity index (χ4v) is 2.65. The third-order valence-corrected chi connectivity index (χ3v) is 4.02. The van der Waals surface area contributed by atoms with E-state index >= 15 is 0 Å². The minimum absolute atomic E-state index is 0.0430. The molecule has 1 fully saturated rings. The summed E-state index contributed by atoms with van der Waals surface area (Å²) in [5.74, 6) is 0.949. The van der Waals surface area contributed by atoms with Crippen molar-refractivity contribution in [3.8, 4) is 5.75 Å². The van der Waals surface area contributed by atoms with Gasteiger partial charge in [-0.25, -0.2) is 0 Å². The van der Waals surface area contributed by atoms with Crippen LogP contribution in [-0.4, -0.2) is 26.9 Å². The van der Waals surface area contributed by atoms with E-state index in [1.807, 2.05) is 0 Å². The zero-order valence-electron chi connectivity index (χ0n) is 12.5. The fraction of sp³-hybridized carbons (Fsp3) is 0.625. The molecule has 3 heteroatoms. The molecule has 0 amide bonds. The highest BCUT2D eigenvalue weighted by molar-refractivity contribution is 5.45. The maximum absolute atomic E-state index is 5.78. The molecule has 1 heterocycles. The van der Waals surface area contributed by atoms with Crippen LogP contribution in [0.3, 0.4) is 0 Å². The van der Waals surface area contributed by atoms with Gasteiger partial charge in [0.1, 0.15) is 5.75 Å². The van der Waals surface area contributed by atoms with Crippen molar-refractivity contribution in [3.05, 3.63) is 29.3 Å². The van der Waals surface area contributed by atoms with Crippen LogP contribution in [-0.2, 0) is 15.6 Å². The van der Waals surface area contributed by atoms with Gasteiger partial charge in [-0.2, -0.15) is 0 Å². The van der Waals surface area contributed by atoms with Crippen molar-refractivity contribution in [1.82, 2.24) is 0 Å². The van der Waals surface area contributed by atoms with E-state index in [0.717, 1.165) is 25.4 Å². The lowest BCUT2D eigenvalue weighted by Gasteiger charge is -2.43. The van der Waals surface area contributed by atoms with Gasteiger partial charge in [0.2, 0.25) is 0 Å². The number of ether oxygens (including phenoxy) is 2. The van der Waals surface area contributed by atoms with Gasteiger partial charge in [0.25, 0.3) is 0 Å². The van der Waals surface area contributed by atoms with E-state index < -0.39 is 0 Å². The molecular weight excluding hydrogens is 238 g/mol. The Balaban J connectivity index is 2.47. The highest BCUT2D eigenvalue weighted by Crippen LogP contribution is 2.42. The number of nitrogens with two attached hydrogens (primary N) is 1. The predicted molar refractivity (Wildman–Crippen MR) is 77.9 cm³/mol. The van der Waals surface area contributed by atoms with Gasteiger partial charge >= 0.3 is 0 Å². The van der Waals surface area contributed by atoms with Crippen LogP contribution in [0.5, 0.6) is 5.75 Å². The van der Waals surface area contributed by atoms with Crippen LogP contribution in [0.1, 0.15) is 38.3 Å². The van der Waals surface area contributed by atoms with Gasteiger partial charge in [-0.1, -0.05) is 32.9 Å². The molecule has 19 heavy (non-hydrogen) atoms. The second-order valence-electron chi connectivity index (χ2n) is 6.48. The van der Waals surface area contributed by atoms with Gasteiger partial charge in [0.15, 0.2) is 0 Å². The van der Waals surface area contributed by atoms with Gasteiger partial charge in [0, 0.05) is 11.0 Å². The van der Waals surface area contributed by atoms with E-state index in [9.17, 15) is 0 Å². The average Bonchev–Trinajstić information content (AvgIpc) is 2.32. The van der Waals surface area contributed by atoms with Crippen molar-refractivity contribution in [2.75, 3.05) is 26.9 Å². The molecule has 0 unspecified atom stereocenters. The largest absolute Gasteiger partial charge is 0.496 e. The smallest absolute Gasteiger partial charge is 0.122 e. The molecule has 1 aliphatic heterocycles. The molecule has 1 aliphatic rings.